The first-order valence-corrected chi connectivity index (χ1v) is 2.34. The van der Waals surface area contributed by atoms with E-state index in [1.165, 1.54) is 10.8 Å². The fraction of sp³-hybridized carbons (Fsp3) is 0.250. The first-order valence-electron chi connectivity index (χ1n) is 2.34. The number of aryl methyl sites for hydroxylation is 1. The summed E-state index contributed by atoms with van der Waals surface area (Å²) in [4.78, 5) is 0. The lowest BCUT2D eigenvalue weighted by Crippen LogP contribution is -2.20. The lowest BCUT2D eigenvalue weighted by molar-refractivity contribution is 0.141. The van der Waals surface area contributed by atoms with Crippen LogP contribution in [0, 0.1) is 5.41 Å². The average Bonchev–Trinajstić information content (AvgIpc) is 1.98. The molecule has 1 heterocycles. The van der Waals surface area contributed by atoms with Crippen molar-refractivity contribution < 1.29 is 10.3 Å². The van der Waals surface area contributed by atoms with Crippen LogP contribution in [0.15, 0.2) is 6.20 Å². The van der Waals surface area contributed by atoms with Crippen molar-refractivity contribution in [1.29, 1.82) is 5.41 Å². The van der Waals surface area contributed by atoms with Gasteiger partial charge in [0, 0.05) is 7.05 Å². The molecule has 5 nitrogen and oxygen atoms in total. The van der Waals surface area contributed by atoms with Gasteiger partial charge in [-0.05, 0) is 0 Å². The topological polar surface area (TPSA) is 74.2 Å². The molecule has 3 N–H and O–H groups in total. The number of hydrogen-bond donors (Lipinski definition) is 3. The zero-order valence-electron chi connectivity index (χ0n) is 4.87. The van der Waals surface area contributed by atoms with Crippen molar-refractivity contribution in [1.82, 2.24) is 9.30 Å². The Morgan fingerprint density at radius 3 is 2.33 bits per heavy atom. The van der Waals surface area contributed by atoms with Gasteiger partial charge in [0.1, 0.15) is 0 Å². The number of rotatable bonds is 0. The van der Waals surface area contributed by atoms with Crippen LogP contribution in [0.25, 0.3) is 0 Å². The lowest BCUT2D eigenvalue weighted by Gasteiger charge is -1.87. The van der Waals surface area contributed by atoms with Crippen LogP contribution in [0.5, 0.6) is 5.88 Å². The monoisotopic (exact) mass is 129 g/mol. The minimum Gasteiger partial charge on any atom is -0.491 e. The normalized spacial score (nSPS) is 9.89. The molecule has 1 rings (SSSR count). The summed E-state index contributed by atoms with van der Waals surface area (Å²) in [5.74, 6) is -0.331. The van der Waals surface area contributed by atoms with E-state index >= 15 is 0 Å². The van der Waals surface area contributed by atoms with E-state index in [1.807, 2.05) is 0 Å². The van der Waals surface area contributed by atoms with Crippen LogP contribution in [-0.2, 0) is 7.05 Å². The third-order valence-electron chi connectivity index (χ3n) is 1.06. The second kappa shape index (κ2) is 1.54. The van der Waals surface area contributed by atoms with E-state index in [4.69, 9.17) is 15.7 Å². The highest BCUT2D eigenvalue weighted by Gasteiger charge is 1.99. The maximum atomic E-state index is 8.69. The average molecular weight is 129 g/mol. The quantitative estimate of drug-likeness (QED) is 0.403. The van der Waals surface area contributed by atoms with E-state index in [0.29, 0.717) is 4.73 Å². The minimum atomic E-state index is -0.331. The zero-order chi connectivity index (χ0) is 7.02. The van der Waals surface area contributed by atoms with E-state index < -0.39 is 0 Å². The number of aromatic hydroxyl groups is 1. The summed E-state index contributed by atoms with van der Waals surface area (Å²) in [5.41, 5.74) is -0.160. The van der Waals surface area contributed by atoms with Crippen molar-refractivity contribution in [2.24, 2.45) is 7.05 Å². The minimum absolute atomic E-state index is 0.160. The van der Waals surface area contributed by atoms with Crippen molar-refractivity contribution in [3.8, 4) is 5.88 Å². The first-order chi connectivity index (χ1) is 4.13. The van der Waals surface area contributed by atoms with Crippen molar-refractivity contribution in [3.05, 3.63) is 11.8 Å². The molecule has 0 spiro atoms. The summed E-state index contributed by atoms with van der Waals surface area (Å²) in [5, 5.41) is 24.4. The Hall–Kier alpha value is -1.39. The van der Waals surface area contributed by atoms with Gasteiger partial charge in [0.25, 0.3) is 0 Å². The number of nitrogens with one attached hydrogen (secondary N) is 1. The van der Waals surface area contributed by atoms with Crippen LogP contribution in [0.4, 0.5) is 0 Å². The summed E-state index contributed by atoms with van der Waals surface area (Å²) in [6.45, 7) is 0. The Kier molecular flexibility index (Phi) is 0.985. The molecule has 0 saturated heterocycles. The Labute approximate surface area is 50.9 Å². The third kappa shape index (κ3) is 0.658. The molecule has 1 aromatic rings. The van der Waals surface area contributed by atoms with Gasteiger partial charge in [-0.3, -0.25) is 5.41 Å². The van der Waals surface area contributed by atoms with E-state index in [2.05, 4.69) is 0 Å². The SMILES string of the molecule is Cn1cc(O)n(O)c1=N. The predicted molar refractivity (Wildman–Crippen MR) is 28.1 cm³/mol. The summed E-state index contributed by atoms with van der Waals surface area (Å²) >= 11 is 0. The van der Waals surface area contributed by atoms with Gasteiger partial charge in [-0.2, -0.15) is 0 Å². The largest absolute Gasteiger partial charge is 0.491 e. The van der Waals surface area contributed by atoms with Gasteiger partial charge in [0.15, 0.2) is 0 Å². The van der Waals surface area contributed by atoms with Crippen LogP contribution in [-0.4, -0.2) is 19.6 Å². The maximum absolute atomic E-state index is 8.69. The highest BCUT2D eigenvalue weighted by Crippen LogP contribution is 1.98. The van der Waals surface area contributed by atoms with Gasteiger partial charge in [0.05, 0.1) is 6.20 Å². The van der Waals surface area contributed by atoms with Gasteiger partial charge in [-0.25, -0.2) is 0 Å². The first kappa shape index (κ1) is 5.74. The molecule has 0 saturated carbocycles. The molecule has 0 radical (unpaired) electrons. The molecular formula is C4H7N3O2. The summed E-state index contributed by atoms with van der Waals surface area (Å²) < 4.78 is 1.68. The van der Waals surface area contributed by atoms with Crippen molar-refractivity contribution >= 4 is 0 Å². The second-order valence-electron chi connectivity index (χ2n) is 1.73. The van der Waals surface area contributed by atoms with Crippen LogP contribution >= 0.6 is 0 Å². The Morgan fingerprint density at radius 1 is 1.67 bits per heavy atom. The van der Waals surface area contributed by atoms with Gasteiger partial charge in [-0.1, -0.05) is 0 Å². The van der Waals surface area contributed by atoms with Gasteiger partial charge < -0.3 is 14.9 Å². The van der Waals surface area contributed by atoms with E-state index in [0.717, 1.165) is 0 Å². The van der Waals surface area contributed by atoms with Crippen LogP contribution in [0.1, 0.15) is 0 Å². The molecule has 0 aliphatic rings. The highest BCUT2D eigenvalue weighted by atomic mass is 16.5. The molecular weight excluding hydrogens is 122 g/mol. The summed E-state index contributed by atoms with van der Waals surface area (Å²) in [6.07, 6.45) is 1.24. The molecule has 0 aliphatic heterocycles. The molecule has 0 fully saturated rings. The Bertz CT molecular complexity index is 272. The Morgan fingerprint density at radius 2 is 2.22 bits per heavy atom. The smallest absolute Gasteiger partial charge is 0.245 e. The standard InChI is InChI=1S/C4H7N3O2/c1-6-2-3(8)7(9)4(6)5/h2,5,8-9H,1H3. The number of nitrogens with zero attached hydrogens (tertiary/aromatic N) is 2. The van der Waals surface area contributed by atoms with Gasteiger partial charge in [-0.15, -0.1) is 4.73 Å². The number of aromatic nitrogens is 2. The molecule has 9 heavy (non-hydrogen) atoms. The number of hydrogen-bond acceptors (Lipinski definition) is 3. The molecule has 0 unspecified atom stereocenters. The van der Waals surface area contributed by atoms with Crippen LogP contribution in [0.2, 0.25) is 0 Å². The summed E-state index contributed by atoms with van der Waals surface area (Å²) in [6, 6.07) is 0. The van der Waals surface area contributed by atoms with E-state index in [1.54, 1.807) is 7.05 Å². The second-order valence-corrected chi connectivity index (χ2v) is 1.73. The molecule has 0 aromatic carbocycles. The Balaban J connectivity index is 3.48. The molecule has 0 amide bonds. The fourth-order valence-corrected chi connectivity index (χ4v) is 0.547. The molecule has 50 valence electrons. The van der Waals surface area contributed by atoms with Crippen LogP contribution in [0.3, 0.4) is 0 Å². The fourth-order valence-electron chi connectivity index (χ4n) is 0.547. The van der Waals surface area contributed by atoms with E-state index in [9.17, 15) is 0 Å². The predicted octanol–water partition coefficient (Wildman–Crippen LogP) is -0.751. The zero-order valence-corrected chi connectivity index (χ0v) is 4.87. The molecule has 1 aromatic heterocycles. The molecule has 0 aliphatic carbocycles. The third-order valence-corrected chi connectivity index (χ3v) is 1.06. The molecule has 0 atom stereocenters. The molecule has 0 bridgehead atoms. The van der Waals surface area contributed by atoms with Gasteiger partial charge in [0.2, 0.25) is 11.5 Å². The highest BCUT2D eigenvalue weighted by molar-refractivity contribution is 5.00. The van der Waals surface area contributed by atoms with Crippen molar-refractivity contribution in [2.45, 2.75) is 0 Å². The van der Waals surface area contributed by atoms with Crippen LogP contribution < -0.4 is 5.62 Å². The van der Waals surface area contributed by atoms with Crippen molar-refractivity contribution in [3.63, 3.8) is 0 Å². The molecule has 5 heteroatoms. The number of imidazole rings is 1. The van der Waals surface area contributed by atoms with Crippen molar-refractivity contribution in [2.75, 3.05) is 0 Å². The lowest BCUT2D eigenvalue weighted by atomic mass is 10.8. The van der Waals surface area contributed by atoms with Gasteiger partial charge >= 0.3 is 0 Å². The summed E-state index contributed by atoms with van der Waals surface area (Å²) in [7, 11) is 1.55. The van der Waals surface area contributed by atoms with E-state index in [-0.39, 0.29) is 11.5 Å². The maximum Gasteiger partial charge on any atom is 0.245 e.